The van der Waals surface area contributed by atoms with Crippen molar-refractivity contribution in [2.45, 2.75) is 38.6 Å². The van der Waals surface area contributed by atoms with Crippen molar-refractivity contribution in [2.75, 3.05) is 32.0 Å². The first-order valence-corrected chi connectivity index (χ1v) is 7.35. The molecule has 0 radical (unpaired) electrons. The van der Waals surface area contributed by atoms with Gasteiger partial charge in [-0.2, -0.15) is 0 Å². The number of hydrogen-bond donors (Lipinski definition) is 0. The fourth-order valence-electron chi connectivity index (χ4n) is 2.31. The topological polar surface area (TPSA) is 23.6 Å². The molecule has 4 heteroatoms. The molecule has 0 unspecified atom stereocenters. The van der Waals surface area contributed by atoms with Gasteiger partial charge in [-0.1, -0.05) is 22.9 Å². The number of carbonyl (C=O) groups excluding carboxylic acids is 1. The van der Waals surface area contributed by atoms with E-state index < -0.39 is 0 Å². The van der Waals surface area contributed by atoms with E-state index in [0.717, 1.165) is 31.3 Å². The van der Waals surface area contributed by atoms with Gasteiger partial charge in [-0.05, 0) is 25.8 Å². The van der Waals surface area contributed by atoms with Crippen molar-refractivity contribution in [3.63, 3.8) is 0 Å². The lowest BCUT2D eigenvalue weighted by Gasteiger charge is -2.36. The van der Waals surface area contributed by atoms with Gasteiger partial charge < -0.3 is 9.80 Å². The maximum absolute atomic E-state index is 11.7. The molecule has 0 aromatic rings. The first-order chi connectivity index (χ1) is 7.69. The fraction of sp³-hybridized carbons (Fsp3) is 0.917. The Morgan fingerprint density at radius 1 is 1.44 bits per heavy atom. The molecule has 1 aliphatic rings. The number of hydrogen-bond acceptors (Lipinski definition) is 2. The van der Waals surface area contributed by atoms with Crippen LogP contribution < -0.4 is 0 Å². The zero-order chi connectivity index (χ0) is 12.0. The number of carbonyl (C=O) groups is 1. The maximum atomic E-state index is 11.7. The lowest BCUT2D eigenvalue weighted by Crippen LogP contribution is -2.45. The van der Waals surface area contributed by atoms with Crippen LogP contribution >= 0.6 is 15.9 Å². The normalized spacial score (nSPS) is 18.7. The van der Waals surface area contributed by atoms with Gasteiger partial charge in [-0.15, -0.1) is 0 Å². The Labute approximate surface area is 107 Å². The number of piperidine rings is 1. The van der Waals surface area contributed by atoms with Crippen molar-refractivity contribution >= 4 is 21.8 Å². The fourth-order valence-corrected chi connectivity index (χ4v) is 2.65. The summed E-state index contributed by atoms with van der Waals surface area (Å²) in [5.41, 5.74) is 0. The van der Waals surface area contributed by atoms with Crippen LogP contribution in [0.1, 0.15) is 32.6 Å². The average Bonchev–Trinajstić information content (AvgIpc) is 2.30. The Kier molecular flexibility index (Phi) is 6.36. The summed E-state index contributed by atoms with van der Waals surface area (Å²) in [6, 6.07) is 0.458. The Hall–Kier alpha value is -0.0900. The van der Waals surface area contributed by atoms with Crippen LogP contribution in [0.5, 0.6) is 0 Å². The second-order valence-electron chi connectivity index (χ2n) is 4.52. The number of likely N-dealkylation sites (tertiary alicyclic amines) is 1. The Morgan fingerprint density at radius 3 is 2.56 bits per heavy atom. The summed E-state index contributed by atoms with van der Waals surface area (Å²) in [5, 5.41) is 0.769. The molecule has 0 spiro atoms. The molecule has 0 atom stereocenters. The number of halogens is 1. The highest BCUT2D eigenvalue weighted by atomic mass is 79.9. The SMILES string of the molecule is CCCN1CCC(N(C)C(=O)CCBr)CC1. The molecule has 0 bridgehead atoms. The van der Waals surface area contributed by atoms with Gasteiger partial charge >= 0.3 is 0 Å². The van der Waals surface area contributed by atoms with Gasteiger partial charge in [0.2, 0.25) is 5.91 Å². The molecule has 0 aromatic carbocycles. The van der Waals surface area contributed by atoms with Crippen LogP contribution in [0, 0.1) is 0 Å². The van der Waals surface area contributed by atoms with Crippen LogP contribution in [0.15, 0.2) is 0 Å². The molecule has 1 aliphatic heterocycles. The first-order valence-electron chi connectivity index (χ1n) is 6.23. The lowest BCUT2D eigenvalue weighted by molar-refractivity contribution is -0.132. The van der Waals surface area contributed by atoms with E-state index in [9.17, 15) is 4.79 Å². The Bertz CT molecular complexity index is 215. The van der Waals surface area contributed by atoms with E-state index in [1.165, 1.54) is 13.0 Å². The highest BCUT2D eigenvalue weighted by molar-refractivity contribution is 9.09. The molecule has 16 heavy (non-hydrogen) atoms. The molecule has 0 aromatic heterocycles. The monoisotopic (exact) mass is 290 g/mol. The molecule has 1 rings (SSSR count). The summed E-state index contributed by atoms with van der Waals surface area (Å²) in [6.07, 6.45) is 4.10. The third-order valence-corrected chi connectivity index (χ3v) is 3.74. The van der Waals surface area contributed by atoms with E-state index in [2.05, 4.69) is 27.8 Å². The van der Waals surface area contributed by atoms with Gasteiger partial charge in [0.25, 0.3) is 0 Å². The predicted octanol–water partition coefficient (Wildman–Crippen LogP) is 2.10. The average molecular weight is 291 g/mol. The Morgan fingerprint density at radius 2 is 2.06 bits per heavy atom. The lowest BCUT2D eigenvalue weighted by atomic mass is 10.0. The molecule has 0 saturated carbocycles. The van der Waals surface area contributed by atoms with Crippen LogP contribution in [-0.4, -0.2) is 53.8 Å². The minimum Gasteiger partial charge on any atom is -0.343 e. The number of rotatable bonds is 5. The molecular weight excluding hydrogens is 268 g/mol. The van der Waals surface area contributed by atoms with Gasteiger partial charge in [0.15, 0.2) is 0 Å². The van der Waals surface area contributed by atoms with E-state index in [4.69, 9.17) is 0 Å². The van der Waals surface area contributed by atoms with Gasteiger partial charge in [-0.25, -0.2) is 0 Å². The molecule has 0 aliphatic carbocycles. The van der Waals surface area contributed by atoms with Crippen molar-refractivity contribution in [3.8, 4) is 0 Å². The minimum atomic E-state index is 0.269. The first kappa shape index (κ1) is 14.0. The van der Waals surface area contributed by atoms with E-state index in [1.807, 2.05) is 11.9 Å². The molecule has 1 heterocycles. The standard InChI is InChI=1S/C12H23BrN2O/c1-3-8-15-9-5-11(6-10-15)14(2)12(16)4-7-13/h11H,3-10H2,1-2H3. The number of alkyl halides is 1. The van der Waals surface area contributed by atoms with E-state index in [0.29, 0.717) is 12.5 Å². The Balaban J connectivity index is 2.32. The van der Waals surface area contributed by atoms with Crippen molar-refractivity contribution in [3.05, 3.63) is 0 Å². The summed E-state index contributed by atoms with van der Waals surface area (Å²) in [6.45, 7) is 5.71. The maximum Gasteiger partial charge on any atom is 0.223 e. The van der Waals surface area contributed by atoms with Crippen LogP contribution in [0.25, 0.3) is 0 Å². The molecule has 0 N–H and O–H groups in total. The quantitative estimate of drug-likeness (QED) is 0.724. The highest BCUT2D eigenvalue weighted by Gasteiger charge is 2.24. The molecule has 1 saturated heterocycles. The smallest absolute Gasteiger partial charge is 0.223 e. The summed E-state index contributed by atoms with van der Waals surface area (Å²) in [4.78, 5) is 16.2. The second-order valence-corrected chi connectivity index (χ2v) is 5.31. The zero-order valence-corrected chi connectivity index (χ0v) is 12.0. The van der Waals surface area contributed by atoms with Crippen LogP contribution in [-0.2, 0) is 4.79 Å². The third kappa shape index (κ3) is 4.06. The van der Waals surface area contributed by atoms with Crippen molar-refractivity contribution in [2.24, 2.45) is 0 Å². The van der Waals surface area contributed by atoms with E-state index >= 15 is 0 Å². The third-order valence-electron chi connectivity index (χ3n) is 3.35. The van der Waals surface area contributed by atoms with Gasteiger partial charge in [0, 0.05) is 37.9 Å². The summed E-state index contributed by atoms with van der Waals surface area (Å²) >= 11 is 3.32. The molecular formula is C12H23BrN2O. The van der Waals surface area contributed by atoms with Crippen molar-refractivity contribution in [1.29, 1.82) is 0 Å². The van der Waals surface area contributed by atoms with Gasteiger partial charge in [0.1, 0.15) is 0 Å². The molecule has 3 nitrogen and oxygen atoms in total. The van der Waals surface area contributed by atoms with Crippen molar-refractivity contribution in [1.82, 2.24) is 9.80 Å². The molecule has 1 amide bonds. The van der Waals surface area contributed by atoms with Gasteiger partial charge in [0.05, 0.1) is 0 Å². The predicted molar refractivity (Wildman–Crippen MR) is 70.9 cm³/mol. The minimum absolute atomic E-state index is 0.269. The van der Waals surface area contributed by atoms with E-state index in [1.54, 1.807) is 0 Å². The number of nitrogens with zero attached hydrogens (tertiary/aromatic N) is 2. The summed E-state index contributed by atoms with van der Waals surface area (Å²) in [7, 11) is 1.95. The largest absolute Gasteiger partial charge is 0.343 e. The van der Waals surface area contributed by atoms with Gasteiger partial charge in [-0.3, -0.25) is 4.79 Å². The van der Waals surface area contributed by atoms with Crippen LogP contribution in [0.3, 0.4) is 0 Å². The highest BCUT2D eigenvalue weighted by Crippen LogP contribution is 2.16. The molecule has 94 valence electrons. The van der Waals surface area contributed by atoms with Crippen LogP contribution in [0.4, 0.5) is 0 Å². The summed E-state index contributed by atoms with van der Waals surface area (Å²) < 4.78 is 0. The zero-order valence-electron chi connectivity index (χ0n) is 10.4. The molecule has 1 fully saturated rings. The van der Waals surface area contributed by atoms with E-state index in [-0.39, 0.29) is 5.91 Å². The van der Waals surface area contributed by atoms with Crippen molar-refractivity contribution < 1.29 is 4.79 Å². The summed E-state index contributed by atoms with van der Waals surface area (Å²) in [5.74, 6) is 0.269. The second kappa shape index (κ2) is 7.28. The van der Waals surface area contributed by atoms with Crippen LogP contribution in [0.2, 0.25) is 0 Å². The number of amides is 1.